The molecule has 0 unspecified atom stereocenters. The zero-order valence-electron chi connectivity index (χ0n) is 11.1. The molecule has 0 saturated heterocycles. The van der Waals surface area contributed by atoms with E-state index in [2.05, 4.69) is 10.3 Å². The predicted octanol–water partition coefficient (Wildman–Crippen LogP) is 4.79. The van der Waals surface area contributed by atoms with Gasteiger partial charge in [0.15, 0.2) is 0 Å². The number of rotatable bonds is 4. The van der Waals surface area contributed by atoms with Crippen molar-refractivity contribution in [1.82, 2.24) is 9.55 Å². The van der Waals surface area contributed by atoms with Crippen LogP contribution in [0, 0.1) is 0 Å². The molecule has 0 saturated carbocycles. The van der Waals surface area contributed by atoms with Crippen LogP contribution >= 0.6 is 23.2 Å². The van der Waals surface area contributed by atoms with Crippen LogP contribution in [-0.2, 0) is 6.54 Å². The highest BCUT2D eigenvalue weighted by atomic mass is 35.5. The van der Waals surface area contributed by atoms with E-state index in [9.17, 15) is 0 Å². The number of anilines is 1. The number of hydrogen-bond donors (Lipinski definition) is 1. The molecule has 106 valence electrons. The Balaban J connectivity index is 1.88. The molecule has 1 N–H and O–H groups in total. The molecule has 3 aromatic rings. The second-order valence-electron chi connectivity index (χ2n) is 4.59. The fourth-order valence-corrected chi connectivity index (χ4v) is 2.64. The summed E-state index contributed by atoms with van der Waals surface area (Å²) in [5.41, 5.74) is 2.94. The Morgan fingerprint density at radius 2 is 1.95 bits per heavy atom. The minimum atomic E-state index is 0.669. The number of hydrogen-bond acceptors (Lipinski definition) is 2. The summed E-state index contributed by atoms with van der Waals surface area (Å²) in [7, 11) is 0. The molecule has 21 heavy (non-hydrogen) atoms. The molecule has 1 heterocycles. The van der Waals surface area contributed by atoms with Crippen molar-refractivity contribution in [2.45, 2.75) is 6.54 Å². The van der Waals surface area contributed by atoms with Crippen LogP contribution in [0.5, 0.6) is 0 Å². The minimum Gasteiger partial charge on any atom is -0.379 e. The smallest absolute Gasteiger partial charge is 0.0992 e. The maximum absolute atomic E-state index is 6.32. The molecule has 5 heteroatoms. The van der Waals surface area contributed by atoms with Crippen molar-refractivity contribution in [2.75, 3.05) is 5.32 Å². The number of nitrogens with one attached hydrogen (secondary N) is 1. The monoisotopic (exact) mass is 317 g/mol. The topological polar surface area (TPSA) is 29.9 Å². The van der Waals surface area contributed by atoms with E-state index in [1.165, 1.54) is 0 Å². The Labute approximate surface area is 133 Å². The van der Waals surface area contributed by atoms with E-state index in [1.807, 2.05) is 53.2 Å². The molecule has 1 aromatic heterocycles. The summed E-state index contributed by atoms with van der Waals surface area (Å²) in [6.07, 6.45) is 5.32. The lowest BCUT2D eigenvalue weighted by Crippen LogP contribution is -2.04. The highest BCUT2D eigenvalue weighted by molar-refractivity contribution is 6.33. The first-order chi connectivity index (χ1) is 10.2. The molecule has 0 fully saturated rings. The number of para-hydroxylation sites is 1. The van der Waals surface area contributed by atoms with Gasteiger partial charge in [0.2, 0.25) is 0 Å². The molecule has 3 nitrogen and oxygen atoms in total. The largest absolute Gasteiger partial charge is 0.379 e. The summed E-state index contributed by atoms with van der Waals surface area (Å²) in [4.78, 5) is 4.07. The van der Waals surface area contributed by atoms with Gasteiger partial charge in [-0.1, -0.05) is 41.4 Å². The van der Waals surface area contributed by atoms with E-state index >= 15 is 0 Å². The van der Waals surface area contributed by atoms with Crippen LogP contribution in [0.1, 0.15) is 5.56 Å². The Kier molecular flexibility index (Phi) is 4.13. The SMILES string of the molecule is Clc1cccc(CNc2cccc(Cl)c2-n2ccnc2)c1. The number of aromatic nitrogens is 2. The van der Waals surface area contributed by atoms with E-state index in [0.717, 1.165) is 22.0 Å². The first kappa shape index (κ1) is 14.0. The van der Waals surface area contributed by atoms with Gasteiger partial charge < -0.3 is 9.88 Å². The lowest BCUT2D eigenvalue weighted by molar-refractivity contribution is 1.04. The van der Waals surface area contributed by atoms with Gasteiger partial charge in [-0.15, -0.1) is 0 Å². The van der Waals surface area contributed by atoms with Crippen molar-refractivity contribution in [3.63, 3.8) is 0 Å². The van der Waals surface area contributed by atoms with Gasteiger partial charge >= 0.3 is 0 Å². The van der Waals surface area contributed by atoms with Crippen molar-refractivity contribution in [1.29, 1.82) is 0 Å². The Hall–Kier alpha value is -1.97. The van der Waals surface area contributed by atoms with Crippen LogP contribution in [0.2, 0.25) is 10.0 Å². The molecule has 3 rings (SSSR count). The molecule has 0 atom stereocenters. The standard InChI is InChI=1S/C16H13Cl2N3/c17-13-4-1-3-12(9-13)10-20-15-6-2-5-14(18)16(15)21-8-7-19-11-21/h1-9,11,20H,10H2. The first-order valence-electron chi connectivity index (χ1n) is 6.49. The maximum atomic E-state index is 6.32. The zero-order valence-corrected chi connectivity index (χ0v) is 12.6. The second kappa shape index (κ2) is 6.20. The molecule has 0 bridgehead atoms. The van der Waals surface area contributed by atoms with Gasteiger partial charge in [0, 0.05) is 24.0 Å². The van der Waals surface area contributed by atoms with E-state index in [-0.39, 0.29) is 0 Å². The van der Waals surface area contributed by atoms with Crippen LogP contribution in [0.3, 0.4) is 0 Å². The summed E-state index contributed by atoms with van der Waals surface area (Å²) in [5, 5.41) is 4.80. The van der Waals surface area contributed by atoms with Gasteiger partial charge in [0.05, 0.1) is 22.7 Å². The molecule has 0 amide bonds. The average molecular weight is 318 g/mol. The van der Waals surface area contributed by atoms with Crippen molar-refractivity contribution >= 4 is 28.9 Å². The quantitative estimate of drug-likeness (QED) is 0.749. The van der Waals surface area contributed by atoms with Gasteiger partial charge in [0.25, 0.3) is 0 Å². The summed E-state index contributed by atoms with van der Waals surface area (Å²) >= 11 is 12.3. The van der Waals surface area contributed by atoms with Crippen molar-refractivity contribution in [2.24, 2.45) is 0 Å². The Morgan fingerprint density at radius 3 is 2.71 bits per heavy atom. The van der Waals surface area contributed by atoms with Crippen LogP contribution in [-0.4, -0.2) is 9.55 Å². The fraction of sp³-hybridized carbons (Fsp3) is 0.0625. The number of imidazole rings is 1. The van der Waals surface area contributed by atoms with Crippen LogP contribution in [0.15, 0.2) is 61.2 Å². The second-order valence-corrected chi connectivity index (χ2v) is 5.43. The normalized spacial score (nSPS) is 10.6. The third-order valence-corrected chi connectivity index (χ3v) is 3.66. The molecule has 0 aliphatic carbocycles. The number of benzene rings is 2. The zero-order chi connectivity index (χ0) is 14.7. The predicted molar refractivity (Wildman–Crippen MR) is 87.4 cm³/mol. The molecule has 0 aliphatic heterocycles. The van der Waals surface area contributed by atoms with Crippen molar-refractivity contribution in [3.8, 4) is 5.69 Å². The highest BCUT2D eigenvalue weighted by Crippen LogP contribution is 2.28. The Bertz CT molecular complexity index is 739. The van der Waals surface area contributed by atoms with Gasteiger partial charge in [-0.05, 0) is 29.8 Å². The molecule has 0 radical (unpaired) electrons. The first-order valence-corrected chi connectivity index (χ1v) is 7.25. The Morgan fingerprint density at radius 1 is 1.10 bits per heavy atom. The third-order valence-electron chi connectivity index (χ3n) is 3.12. The lowest BCUT2D eigenvalue weighted by Gasteiger charge is -2.14. The van der Waals surface area contributed by atoms with Gasteiger partial charge in [-0.25, -0.2) is 4.98 Å². The van der Waals surface area contributed by atoms with Crippen LogP contribution in [0.25, 0.3) is 5.69 Å². The summed E-state index contributed by atoms with van der Waals surface area (Å²) in [6, 6.07) is 13.5. The van der Waals surface area contributed by atoms with Gasteiger partial charge in [-0.2, -0.15) is 0 Å². The molecular formula is C16H13Cl2N3. The van der Waals surface area contributed by atoms with Gasteiger partial charge in [0.1, 0.15) is 0 Å². The van der Waals surface area contributed by atoms with Crippen molar-refractivity contribution in [3.05, 3.63) is 76.8 Å². The molecule has 0 spiro atoms. The number of halogens is 2. The number of nitrogens with zero attached hydrogens (tertiary/aromatic N) is 2. The maximum Gasteiger partial charge on any atom is 0.0992 e. The molecule has 0 aliphatic rings. The van der Waals surface area contributed by atoms with Crippen LogP contribution in [0.4, 0.5) is 5.69 Å². The van der Waals surface area contributed by atoms with E-state index in [1.54, 1.807) is 12.5 Å². The van der Waals surface area contributed by atoms with E-state index in [4.69, 9.17) is 23.2 Å². The van der Waals surface area contributed by atoms with E-state index < -0.39 is 0 Å². The van der Waals surface area contributed by atoms with E-state index in [0.29, 0.717) is 11.6 Å². The summed E-state index contributed by atoms with van der Waals surface area (Å²) in [5.74, 6) is 0. The minimum absolute atomic E-state index is 0.669. The summed E-state index contributed by atoms with van der Waals surface area (Å²) < 4.78 is 1.89. The summed E-state index contributed by atoms with van der Waals surface area (Å²) in [6.45, 7) is 0.669. The molecular weight excluding hydrogens is 305 g/mol. The van der Waals surface area contributed by atoms with Gasteiger partial charge in [-0.3, -0.25) is 0 Å². The van der Waals surface area contributed by atoms with Crippen LogP contribution < -0.4 is 5.32 Å². The molecule has 2 aromatic carbocycles. The average Bonchev–Trinajstić information content (AvgIpc) is 2.99. The fourth-order valence-electron chi connectivity index (χ4n) is 2.16. The third kappa shape index (κ3) is 3.20. The highest BCUT2D eigenvalue weighted by Gasteiger charge is 2.08. The van der Waals surface area contributed by atoms with Crippen molar-refractivity contribution < 1.29 is 0 Å². The lowest BCUT2D eigenvalue weighted by atomic mass is 10.2.